The van der Waals surface area contributed by atoms with Crippen LogP contribution in [0.15, 0.2) is 62.1 Å². The summed E-state index contributed by atoms with van der Waals surface area (Å²) in [4.78, 5) is 22.9. The summed E-state index contributed by atoms with van der Waals surface area (Å²) in [5, 5.41) is 6.78. The van der Waals surface area contributed by atoms with E-state index in [1.807, 2.05) is 44.2 Å². The Labute approximate surface area is 185 Å². The number of benzene rings is 1. The van der Waals surface area contributed by atoms with Gasteiger partial charge in [0.05, 0.1) is 25.5 Å². The molecule has 0 spiro atoms. The zero-order chi connectivity index (χ0) is 22.3. The van der Waals surface area contributed by atoms with Crippen LogP contribution in [0.25, 0.3) is 11.3 Å². The van der Waals surface area contributed by atoms with Gasteiger partial charge >= 0.3 is 0 Å². The smallest absolute Gasteiger partial charge is 0.273 e. The molecule has 9 nitrogen and oxygen atoms in total. The van der Waals surface area contributed by atoms with Crippen molar-refractivity contribution in [3.05, 3.63) is 77.8 Å². The minimum absolute atomic E-state index is 0.259. The predicted molar refractivity (Wildman–Crippen MR) is 115 cm³/mol. The van der Waals surface area contributed by atoms with Crippen molar-refractivity contribution in [2.75, 3.05) is 13.1 Å². The van der Waals surface area contributed by atoms with E-state index in [1.165, 1.54) is 0 Å². The molecule has 3 heterocycles. The molecule has 1 aromatic carbocycles. The Morgan fingerprint density at radius 1 is 1.00 bits per heavy atom. The molecule has 4 aromatic rings. The molecule has 0 saturated carbocycles. The minimum Gasteiger partial charge on any atom is -0.445 e. The van der Waals surface area contributed by atoms with E-state index in [-0.39, 0.29) is 11.6 Å². The van der Waals surface area contributed by atoms with Gasteiger partial charge in [0.2, 0.25) is 0 Å². The molecule has 0 saturated heterocycles. The summed E-state index contributed by atoms with van der Waals surface area (Å²) < 4.78 is 16.5. The number of hydrogen-bond donors (Lipinski definition) is 1. The van der Waals surface area contributed by atoms with Crippen LogP contribution in [0, 0.1) is 13.8 Å². The third-order valence-corrected chi connectivity index (χ3v) is 4.83. The number of carbonyl (C=O) groups excluding carboxylic acids is 1. The van der Waals surface area contributed by atoms with Gasteiger partial charge in [-0.25, -0.2) is 9.97 Å². The number of aromatic nitrogens is 3. The quantitative estimate of drug-likeness (QED) is 0.375. The Morgan fingerprint density at radius 2 is 1.66 bits per heavy atom. The van der Waals surface area contributed by atoms with Crippen LogP contribution in [-0.4, -0.2) is 39.0 Å². The summed E-state index contributed by atoms with van der Waals surface area (Å²) in [5.74, 6) is 3.11. The molecule has 0 radical (unpaired) electrons. The van der Waals surface area contributed by atoms with Crippen molar-refractivity contribution >= 4 is 5.91 Å². The lowest BCUT2D eigenvalue weighted by Crippen LogP contribution is -2.29. The number of aryl methyl sites for hydroxylation is 2. The maximum atomic E-state index is 12.4. The van der Waals surface area contributed by atoms with E-state index in [0.717, 1.165) is 23.5 Å². The summed E-state index contributed by atoms with van der Waals surface area (Å²) in [6, 6.07) is 11.2. The number of nitrogens with zero attached hydrogens (tertiary/aromatic N) is 4. The summed E-state index contributed by atoms with van der Waals surface area (Å²) >= 11 is 0. The second-order valence-corrected chi connectivity index (χ2v) is 7.45. The van der Waals surface area contributed by atoms with Crippen LogP contribution in [0.3, 0.4) is 0 Å². The van der Waals surface area contributed by atoms with Crippen LogP contribution in [0.2, 0.25) is 0 Å². The fraction of sp³-hybridized carbons (Fsp3) is 0.304. The molecule has 166 valence electrons. The van der Waals surface area contributed by atoms with E-state index < -0.39 is 0 Å². The molecule has 0 aliphatic rings. The summed E-state index contributed by atoms with van der Waals surface area (Å²) in [6.45, 7) is 6.00. The Kier molecular flexibility index (Phi) is 6.76. The summed E-state index contributed by atoms with van der Waals surface area (Å²) in [5.41, 5.74) is 1.13. The molecule has 9 heteroatoms. The number of carbonyl (C=O) groups is 1. The molecule has 3 aromatic heterocycles. The molecule has 1 N–H and O–H groups in total. The Bertz CT molecular complexity index is 1110. The molecule has 0 atom stereocenters. The van der Waals surface area contributed by atoms with E-state index in [2.05, 4.69) is 25.3 Å². The van der Waals surface area contributed by atoms with Crippen molar-refractivity contribution < 1.29 is 18.2 Å². The van der Waals surface area contributed by atoms with Crippen molar-refractivity contribution in [2.24, 2.45) is 0 Å². The molecule has 32 heavy (non-hydrogen) atoms. The third kappa shape index (κ3) is 5.70. The second kappa shape index (κ2) is 10.1. The predicted octanol–water partition coefficient (Wildman–Crippen LogP) is 3.76. The van der Waals surface area contributed by atoms with Gasteiger partial charge in [-0.2, -0.15) is 0 Å². The van der Waals surface area contributed by atoms with Gasteiger partial charge < -0.3 is 18.7 Å². The van der Waals surface area contributed by atoms with Crippen LogP contribution >= 0.6 is 0 Å². The topological polar surface area (TPSA) is 110 Å². The largest absolute Gasteiger partial charge is 0.445 e. The number of amides is 1. The van der Waals surface area contributed by atoms with Crippen molar-refractivity contribution in [1.82, 2.24) is 25.3 Å². The highest BCUT2D eigenvalue weighted by Gasteiger charge is 2.15. The van der Waals surface area contributed by atoms with Gasteiger partial charge in [0.1, 0.15) is 11.5 Å². The maximum absolute atomic E-state index is 12.4. The molecular weight excluding hydrogens is 410 g/mol. The monoisotopic (exact) mass is 435 g/mol. The maximum Gasteiger partial charge on any atom is 0.273 e. The first-order chi connectivity index (χ1) is 15.6. The van der Waals surface area contributed by atoms with E-state index >= 15 is 0 Å². The molecule has 0 fully saturated rings. The number of hydrogen-bond acceptors (Lipinski definition) is 8. The standard InChI is InChI=1S/C23H25N5O4/c1-16-25-12-19(30-16)14-28(15-20-13-26-17(2)31-20)10-6-9-24-23(29)21-11-22(32-27-21)18-7-4-3-5-8-18/h3-5,7-8,11-13H,6,9-10,14-15H2,1-2H3,(H,24,29). The van der Waals surface area contributed by atoms with E-state index in [0.29, 0.717) is 43.7 Å². The van der Waals surface area contributed by atoms with Gasteiger partial charge in [-0.1, -0.05) is 35.5 Å². The van der Waals surface area contributed by atoms with Gasteiger partial charge in [-0.05, 0) is 6.42 Å². The normalized spacial score (nSPS) is 11.2. The lowest BCUT2D eigenvalue weighted by Gasteiger charge is -2.19. The van der Waals surface area contributed by atoms with Crippen LogP contribution in [0.1, 0.15) is 40.2 Å². The lowest BCUT2D eigenvalue weighted by molar-refractivity contribution is 0.0941. The van der Waals surface area contributed by atoms with E-state index in [1.54, 1.807) is 18.5 Å². The zero-order valence-electron chi connectivity index (χ0n) is 18.1. The SMILES string of the molecule is Cc1ncc(CN(CCCNC(=O)c2cc(-c3ccccc3)on2)Cc2cnc(C)o2)o1. The zero-order valence-corrected chi connectivity index (χ0v) is 18.1. The molecule has 0 aliphatic carbocycles. The molecule has 0 bridgehead atoms. The first-order valence-electron chi connectivity index (χ1n) is 10.4. The molecule has 4 rings (SSSR count). The molecule has 0 aliphatic heterocycles. The molecular formula is C23H25N5O4. The lowest BCUT2D eigenvalue weighted by atomic mass is 10.1. The summed E-state index contributed by atoms with van der Waals surface area (Å²) in [6.07, 6.45) is 4.19. The van der Waals surface area contributed by atoms with Crippen LogP contribution in [0.5, 0.6) is 0 Å². The Hall–Kier alpha value is -3.72. The van der Waals surface area contributed by atoms with Crippen LogP contribution < -0.4 is 5.32 Å². The van der Waals surface area contributed by atoms with Gasteiger partial charge in [-0.3, -0.25) is 9.69 Å². The van der Waals surface area contributed by atoms with E-state index in [4.69, 9.17) is 13.4 Å². The average Bonchev–Trinajstić information content (AvgIpc) is 3.53. The fourth-order valence-corrected chi connectivity index (χ4v) is 3.33. The highest BCUT2D eigenvalue weighted by Crippen LogP contribution is 2.19. The minimum atomic E-state index is -0.265. The highest BCUT2D eigenvalue weighted by atomic mass is 16.5. The average molecular weight is 435 g/mol. The van der Waals surface area contributed by atoms with Gasteiger partial charge in [-0.15, -0.1) is 0 Å². The van der Waals surface area contributed by atoms with Crippen molar-refractivity contribution in [2.45, 2.75) is 33.4 Å². The number of oxazole rings is 2. The Balaban J connectivity index is 1.29. The van der Waals surface area contributed by atoms with Gasteiger partial charge in [0.15, 0.2) is 23.2 Å². The van der Waals surface area contributed by atoms with Crippen molar-refractivity contribution in [3.63, 3.8) is 0 Å². The molecule has 0 unspecified atom stereocenters. The first kappa shape index (κ1) is 21.5. The highest BCUT2D eigenvalue weighted by molar-refractivity contribution is 5.93. The van der Waals surface area contributed by atoms with Gasteiger partial charge in [0.25, 0.3) is 5.91 Å². The van der Waals surface area contributed by atoms with Gasteiger partial charge in [0, 0.05) is 38.6 Å². The second-order valence-electron chi connectivity index (χ2n) is 7.45. The van der Waals surface area contributed by atoms with E-state index in [9.17, 15) is 4.79 Å². The van der Waals surface area contributed by atoms with Crippen LogP contribution in [0.4, 0.5) is 0 Å². The number of nitrogens with one attached hydrogen (secondary N) is 1. The number of rotatable bonds is 10. The fourth-order valence-electron chi connectivity index (χ4n) is 3.33. The Morgan fingerprint density at radius 3 is 2.25 bits per heavy atom. The first-order valence-corrected chi connectivity index (χ1v) is 10.4. The summed E-state index contributed by atoms with van der Waals surface area (Å²) in [7, 11) is 0. The van der Waals surface area contributed by atoms with Crippen LogP contribution in [-0.2, 0) is 13.1 Å². The third-order valence-electron chi connectivity index (χ3n) is 4.83. The van der Waals surface area contributed by atoms with Crippen molar-refractivity contribution in [3.8, 4) is 11.3 Å². The molecule has 1 amide bonds. The van der Waals surface area contributed by atoms with Crippen molar-refractivity contribution in [1.29, 1.82) is 0 Å².